The Balaban J connectivity index is 3.01. The van der Waals surface area contributed by atoms with Gasteiger partial charge in [-0.2, -0.15) is 0 Å². The summed E-state index contributed by atoms with van der Waals surface area (Å²) in [5.41, 5.74) is 5.06. The molecule has 0 radical (unpaired) electrons. The highest BCUT2D eigenvalue weighted by molar-refractivity contribution is 9.10. The fourth-order valence-electron chi connectivity index (χ4n) is 1.52. The van der Waals surface area contributed by atoms with Crippen LogP contribution in [0.3, 0.4) is 0 Å². The van der Waals surface area contributed by atoms with Crippen LogP contribution in [0.4, 0.5) is 8.78 Å². The lowest BCUT2D eigenvalue weighted by Crippen LogP contribution is -2.43. The van der Waals surface area contributed by atoms with Crippen molar-refractivity contribution >= 4 is 15.9 Å². The molecule has 2 nitrogen and oxygen atoms in total. The Morgan fingerprint density at radius 3 is 2.62 bits per heavy atom. The minimum absolute atomic E-state index is 0.0172. The highest BCUT2D eigenvalue weighted by Gasteiger charge is 2.24. The second-order valence-electron chi connectivity index (χ2n) is 4.09. The maximum atomic E-state index is 13.6. The van der Waals surface area contributed by atoms with Crippen molar-refractivity contribution in [3.05, 3.63) is 33.8 Å². The van der Waals surface area contributed by atoms with Gasteiger partial charge < -0.3 is 10.5 Å². The summed E-state index contributed by atoms with van der Waals surface area (Å²) in [4.78, 5) is 0. The van der Waals surface area contributed by atoms with Crippen molar-refractivity contribution in [3.63, 3.8) is 0 Å². The van der Waals surface area contributed by atoms with Gasteiger partial charge in [0.1, 0.15) is 11.6 Å². The van der Waals surface area contributed by atoms with Gasteiger partial charge in [-0.25, -0.2) is 8.78 Å². The van der Waals surface area contributed by atoms with Gasteiger partial charge in [-0.3, -0.25) is 0 Å². The zero-order chi connectivity index (χ0) is 12.3. The third-order valence-electron chi connectivity index (χ3n) is 2.19. The first kappa shape index (κ1) is 13.5. The Morgan fingerprint density at radius 1 is 1.44 bits per heavy atom. The highest BCUT2D eigenvalue weighted by atomic mass is 79.9. The molecular weight excluding hydrogens is 280 g/mol. The van der Waals surface area contributed by atoms with Gasteiger partial charge in [-0.15, -0.1) is 0 Å². The molecule has 0 fully saturated rings. The number of ether oxygens (including phenoxy) is 1. The summed E-state index contributed by atoms with van der Waals surface area (Å²) in [5, 5.41) is 0. The van der Waals surface area contributed by atoms with Gasteiger partial charge in [0.05, 0.1) is 11.1 Å². The van der Waals surface area contributed by atoms with E-state index in [0.717, 1.165) is 0 Å². The second-order valence-corrected chi connectivity index (χ2v) is 4.94. The highest BCUT2D eigenvalue weighted by Crippen LogP contribution is 2.24. The number of rotatable bonds is 4. The number of halogens is 3. The summed E-state index contributed by atoms with van der Waals surface area (Å²) in [6, 6.07) is 2.55. The largest absolute Gasteiger partial charge is 0.383 e. The summed E-state index contributed by atoms with van der Waals surface area (Å²) >= 11 is 3.01. The predicted octanol–water partition coefficient (Wildman–Crippen LogP) is 2.63. The Morgan fingerprint density at radius 2 is 2.06 bits per heavy atom. The van der Waals surface area contributed by atoms with Crippen LogP contribution in [-0.2, 0) is 11.2 Å². The number of methoxy groups -OCH3 is 1. The van der Waals surface area contributed by atoms with E-state index in [9.17, 15) is 8.78 Å². The number of hydrogen-bond acceptors (Lipinski definition) is 2. The molecule has 0 aliphatic heterocycles. The molecule has 1 rings (SSSR count). The van der Waals surface area contributed by atoms with Crippen LogP contribution in [0.5, 0.6) is 0 Å². The molecule has 0 saturated carbocycles. The molecule has 1 atom stereocenters. The summed E-state index contributed by atoms with van der Waals surface area (Å²) in [7, 11) is 1.50. The Bertz CT molecular complexity index is 382. The minimum Gasteiger partial charge on any atom is -0.383 e. The van der Waals surface area contributed by atoms with E-state index in [1.165, 1.54) is 19.2 Å². The fourth-order valence-corrected chi connectivity index (χ4v) is 1.89. The Kier molecular flexibility index (Phi) is 4.41. The minimum atomic E-state index is -0.794. The number of hydrogen-bond donors (Lipinski definition) is 1. The first-order chi connectivity index (χ1) is 7.37. The zero-order valence-electron chi connectivity index (χ0n) is 9.19. The lowest BCUT2D eigenvalue weighted by atomic mass is 9.94. The molecule has 0 heterocycles. The van der Waals surface area contributed by atoms with Crippen molar-refractivity contribution in [1.82, 2.24) is 0 Å². The monoisotopic (exact) mass is 293 g/mol. The van der Waals surface area contributed by atoms with Gasteiger partial charge in [-0.05, 0) is 41.4 Å². The van der Waals surface area contributed by atoms with Gasteiger partial charge in [-0.1, -0.05) is 0 Å². The molecule has 16 heavy (non-hydrogen) atoms. The van der Waals surface area contributed by atoms with E-state index >= 15 is 0 Å². The fraction of sp³-hybridized carbons (Fsp3) is 0.455. The molecule has 0 aromatic heterocycles. The quantitative estimate of drug-likeness (QED) is 0.866. The van der Waals surface area contributed by atoms with Crippen molar-refractivity contribution in [1.29, 1.82) is 0 Å². The maximum Gasteiger partial charge on any atom is 0.143 e. The zero-order valence-corrected chi connectivity index (χ0v) is 10.8. The topological polar surface area (TPSA) is 35.2 Å². The van der Waals surface area contributed by atoms with E-state index in [0.29, 0.717) is 0 Å². The summed E-state index contributed by atoms with van der Waals surface area (Å²) in [6.07, 6.45) is 0.0813. The molecule has 0 saturated heterocycles. The van der Waals surface area contributed by atoms with Crippen LogP contribution >= 0.6 is 15.9 Å². The van der Waals surface area contributed by atoms with E-state index < -0.39 is 17.2 Å². The van der Waals surface area contributed by atoms with Crippen molar-refractivity contribution in [2.75, 3.05) is 13.7 Å². The standard InChI is InChI=1S/C11H14BrF2NO/c1-11(15,6-16-2)5-7-9(13)4-3-8(12)10(7)14/h3-4H,5-6,15H2,1-2H3. The molecule has 90 valence electrons. The van der Waals surface area contributed by atoms with Crippen LogP contribution in [0.25, 0.3) is 0 Å². The maximum absolute atomic E-state index is 13.6. The second kappa shape index (κ2) is 5.21. The summed E-state index contributed by atoms with van der Waals surface area (Å²) < 4.78 is 32.2. The van der Waals surface area contributed by atoms with E-state index in [1.54, 1.807) is 6.92 Å². The smallest absolute Gasteiger partial charge is 0.143 e. The molecule has 0 amide bonds. The Labute approximate surface area is 102 Å². The number of benzene rings is 1. The third-order valence-corrected chi connectivity index (χ3v) is 2.81. The summed E-state index contributed by atoms with van der Waals surface area (Å²) in [6.45, 7) is 1.93. The predicted molar refractivity (Wildman–Crippen MR) is 62.2 cm³/mol. The van der Waals surface area contributed by atoms with E-state index in [1.807, 2.05) is 0 Å². The lowest BCUT2D eigenvalue weighted by Gasteiger charge is -2.24. The molecule has 2 N–H and O–H groups in total. The lowest BCUT2D eigenvalue weighted by molar-refractivity contribution is 0.140. The van der Waals surface area contributed by atoms with Gasteiger partial charge in [0, 0.05) is 18.2 Å². The first-order valence-electron chi connectivity index (χ1n) is 4.77. The number of nitrogens with two attached hydrogens (primary N) is 1. The summed E-state index contributed by atoms with van der Waals surface area (Å²) in [5.74, 6) is -1.19. The molecule has 1 aromatic carbocycles. The van der Waals surface area contributed by atoms with Gasteiger partial charge in [0.15, 0.2) is 0 Å². The van der Waals surface area contributed by atoms with Crippen LogP contribution in [0.15, 0.2) is 16.6 Å². The molecule has 5 heteroatoms. The molecule has 1 aromatic rings. The van der Waals surface area contributed by atoms with E-state index in [-0.39, 0.29) is 23.1 Å². The average Bonchev–Trinajstić information content (AvgIpc) is 2.19. The average molecular weight is 294 g/mol. The van der Waals surface area contributed by atoms with Crippen molar-refractivity contribution in [2.24, 2.45) is 5.73 Å². The van der Waals surface area contributed by atoms with E-state index in [2.05, 4.69) is 15.9 Å². The van der Waals surface area contributed by atoms with Gasteiger partial charge >= 0.3 is 0 Å². The molecule has 0 aliphatic rings. The molecule has 0 bridgehead atoms. The van der Waals surface area contributed by atoms with Crippen LogP contribution < -0.4 is 5.73 Å². The van der Waals surface area contributed by atoms with Crippen LogP contribution in [-0.4, -0.2) is 19.3 Å². The van der Waals surface area contributed by atoms with Gasteiger partial charge in [0.2, 0.25) is 0 Å². The Hall–Kier alpha value is -0.520. The van der Waals surface area contributed by atoms with Crippen molar-refractivity contribution < 1.29 is 13.5 Å². The third kappa shape index (κ3) is 3.23. The normalized spacial score (nSPS) is 14.9. The van der Waals surface area contributed by atoms with Crippen LogP contribution in [0.1, 0.15) is 12.5 Å². The van der Waals surface area contributed by atoms with Gasteiger partial charge in [0.25, 0.3) is 0 Å². The SMILES string of the molecule is COCC(C)(N)Cc1c(F)ccc(Br)c1F. The van der Waals surface area contributed by atoms with Crippen molar-refractivity contribution in [3.8, 4) is 0 Å². The molecular formula is C11H14BrF2NO. The van der Waals surface area contributed by atoms with E-state index in [4.69, 9.17) is 10.5 Å². The first-order valence-corrected chi connectivity index (χ1v) is 5.57. The molecule has 0 aliphatic carbocycles. The van der Waals surface area contributed by atoms with Crippen LogP contribution in [0, 0.1) is 11.6 Å². The van der Waals surface area contributed by atoms with Crippen molar-refractivity contribution in [2.45, 2.75) is 18.9 Å². The molecule has 0 spiro atoms. The molecule has 1 unspecified atom stereocenters. The van der Waals surface area contributed by atoms with Crippen LogP contribution in [0.2, 0.25) is 0 Å².